The average molecular weight is 241 g/mol. The molecule has 90 valence electrons. The van der Waals surface area contributed by atoms with E-state index in [0.29, 0.717) is 6.54 Å². The number of nitriles is 1. The van der Waals surface area contributed by atoms with Crippen molar-refractivity contribution in [2.75, 3.05) is 5.73 Å². The third-order valence-corrected chi connectivity index (χ3v) is 2.64. The highest BCUT2D eigenvalue weighted by molar-refractivity contribution is 5.93. The Kier molecular flexibility index (Phi) is 3.02. The number of benzene rings is 1. The van der Waals surface area contributed by atoms with E-state index in [0.717, 1.165) is 5.56 Å². The number of hydrogen-bond donors (Lipinski definition) is 2. The van der Waals surface area contributed by atoms with Gasteiger partial charge in [-0.2, -0.15) is 5.26 Å². The first-order chi connectivity index (χ1) is 8.63. The molecule has 0 bridgehead atoms. The summed E-state index contributed by atoms with van der Waals surface area (Å²) in [6.45, 7) is 0.369. The van der Waals surface area contributed by atoms with Gasteiger partial charge in [0, 0.05) is 12.7 Å². The van der Waals surface area contributed by atoms with Crippen LogP contribution >= 0.6 is 0 Å². The van der Waals surface area contributed by atoms with Gasteiger partial charge in [-0.3, -0.25) is 0 Å². The fourth-order valence-electron chi connectivity index (χ4n) is 1.80. The number of aromatic nitrogens is 1. The monoisotopic (exact) mass is 241 g/mol. The second kappa shape index (κ2) is 4.63. The predicted molar refractivity (Wildman–Crippen MR) is 66.1 cm³/mol. The highest BCUT2D eigenvalue weighted by Crippen LogP contribution is 2.20. The maximum atomic E-state index is 11.2. The smallest absolute Gasteiger partial charge is 0.354 e. The number of nitrogens with two attached hydrogens (primary N) is 1. The van der Waals surface area contributed by atoms with Crippen molar-refractivity contribution in [1.82, 2.24) is 4.57 Å². The van der Waals surface area contributed by atoms with E-state index in [4.69, 9.17) is 16.1 Å². The second-order valence-electron chi connectivity index (χ2n) is 3.84. The zero-order valence-corrected chi connectivity index (χ0v) is 9.50. The molecular weight excluding hydrogens is 230 g/mol. The van der Waals surface area contributed by atoms with E-state index < -0.39 is 5.97 Å². The van der Waals surface area contributed by atoms with Crippen molar-refractivity contribution in [3.63, 3.8) is 0 Å². The molecular formula is C13H11N3O2. The first-order valence-corrected chi connectivity index (χ1v) is 5.29. The largest absolute Gasteiger partial charge is 0.477 e. The lowest BCUT2D eigenvalue weighted by Crippen LogP contribution is -2.10. The minimum Gasteiger partial charge on any atom is -0.477 e. The molecule has 0 fully saturated rings. The van der Waals surface area contributed by atoms with Crippen LogP contribution in [0.5, 0.6) is 0 Å². The Bertz CT molecular complexity index is 624. The van der Waals surface area contributed by atoms with Gasteiger partial charge in [0.2, 0.25) is 0 Å². The summed E-state index contributed by atoms with van der Waals surface area (Å²) in [6.07, 6.45) is 1.46. The molecule has 5 heteroatoms. The third kappa shape index (κ3) is 2.04. The maximum absolute atomic E-state index is 11.2. The van der Waals surface area contributed by atoms with Crippen LogP contribution in [-0.4, -0.2) is 15.6 Å². The molecule has 1 aromatic carbocycles. The lowest BCUT2D eigenvalue weighted by atomic mass is 10.2. The third-order valence-electron chi connectivity index (χ3n) is 2.64. The number of hydrogen-bond acceptors (Lipinski definition) is 3. The molecule has 1 aromatic heterocycles. The Hall–Kier alpha value is -2.74. The summed E-state index contributed by atoms with van der Waals surface area (Å²) in [5.74, 6) is -1.13. The zero-order valence-electron chi connectivity index (χ0n) is 9.50. The molecule has 2 rings (SSSR count). The van der Waals surface area contributed by atoms with E-state index in [1.165, 1.54) is 10.8 Å². The van der Waals surface area contributed by atoms with Crippen LogP contribution in [0, 0.1) is 11.3 Å². The Morgan fingerprint density at radius 3 is 2.61 bits per heavy atom. The molecule has 0 aliphatic carbocycles. The molecule has 2 aromatic rings. The van der Waals surface area contributed by atoms with Gasteiger partial charge in [0.25, 0.3) is 0 Å². The van der Waals surface area contributed by atoms with Crippen molar-refractivity contribution in [2.24, 2.45) is 0 Å². The van der Waals surface area contributed by atoms with Gasteiger partial charge in [-0.25, -0.2) is 4.79 Å². The van der Waals surface area contributed by atoms with E-state index in [1.54, 1.807) is 0 Å². The van der Waals surface area contributed by atoms with Gasteiger partial charge in [-0.15, -0.1) is 0 Å². The van der Waals surface area contributed by atoms with E-state index in [9.17, 15) is 4.79 Å². The van der Waals surface area contributed by atoms with E-state index in [1.807, 2.05) is 36.4 Å². The van der Waals surface area contributed by atoms with Crippen molar-refractivity contribution < 1.29 is 9.90 Å². The lowest BCUT2D eigenvalue weighted by molar-refractivity contribution is 0.0687. The van der Waals surface area contributed by atoms with Gasteiger partial charge in [0.05, 0.1) is 11.3 Å². The van der Waals surface area contributed by atoms with Crippen LogP contribution < -0.4 is 5.73 Å². The molecule has 0 spiro atoms. The van der Waals surface area contributed by atoms with Crippen molar-refractivity contribution in [2.45, 2.75) is 6.54 Å². The SMILES string of the molecule is N#Cc1cn(Cc2ccccc2)c(C(=O)O)c1N. The molecule has 0 unspecified atom stereocenters. The second-order valence-corrected chi connectivity index (χ2v) is 3.84. The van der Waals surface area contributed by atoms with Gasteiger partial charge < -0.3 is 15.4 Å². The van der Waals surface area contributed by atoms with E-state index in [2.05, 4.69) is 0 Å². The summed E-state index contributed by atoms with van der Waals surface area (Å²) in [6, 6.07) is 11.3. The topological polar surface area (TPSA) is 92.0 Å². The first-order valence-electron chi connectivity index (χ1n) is 5.29. The minimum absolute atomic E-state index is 0.0148. The van der Waals surface area contributed by atoms with Gasteiger partial charge >= 0.3 is 5.97 Å². The van der Waals surface area contributed by atoms with Gasteiger partial charge in [0.15, 0.2) is 5.69 Å². The number of aromatic carboxylic acids is 1. The van der Waals surface area contributed by atoms with Crippen LogP contribution in [0.3, 0.4) is 0 Å². The number of carboxylic acids is 1. The summed E-state index contributed by atoms with van der Waals surface area (Å²) in [5, 5.41) is 18.0. The average Bonchev–Trinajstić information content (AvgIpc) is 2.66. The van der Waals surface area contributed by atoms with Crippen molar-refractivity contribution in [1.29, 1.82) is 5.26 Å². The molecule has 5 nitrogen and oxygen atoms in total. The number of rotatable bonds is 3. The first kappa shape index (κ1) is 11.7. The number of nitrogen functional groups attached to an aromatic ring is 1. The van der Waals surface area contributed by atoms with Gasteiger partial charge in [-0.05, 0) is 5.56 Å². The summed E-state index contributed by atoms with van der Waals surface area (Å²) in [5.41, 5.74) is 6.74. The molecule has 0 saturated heterocycles. The van der Waals surface area contributed by atoms with Crippen LogP contribution in [0.25, 0.3) is 0 Å². The molecule has 3 N–H and O–H groups in total. The Morgan fingerprint density at radius 1 is 1.39 bits per heavy atom. The Morgan fingerprint density at radius 2 is 2.06 bits per heavy atom. The van der Waals surface area contributed by atoms with Crippen LogP contribution in [0.4, 0.5) is 5.69 Å². The standard InChI is InChI=1S/C13H11N3O2/c14-6-10-8-16(12(11(10)15)13(17)18)7-9-4-2-1-3-5-9/h1-5,8H,7,15H2,(H,17,18). The minimum atomic E-state index is -1.13. The number of anilines is 1. The molecule has 18 heavy (non-hydrogen) atoms. The number of nitrogens with zero attached hydrogens (tertiary/aromatic N) is 2. The molecule has 0 radical (unpaired) electrons. The molecule has 0 atom stereocenters. The molecule has 0 saturated carbocycles. The molecule has 0 amide bonds. The normalized spacial score (nSPS) is 9.94. The number of carbonyl (C=O) groups is 1. The summed E-state index contributed by atoms with van der Waals surface area (Å²) < 4.78 is 1.48. The van der Waals surface area contributed by atoms with Crippen molar-refractivity contribution in [3.8, 4) is 6.07 Å². The fraction of sp³-hybridized carbons (Fsp3) is 0.0769. The van der Waals surface area contributed by atoms with E-state index >= 15 is 0 Å². The molecule has 1 heterocycles. The number of carboxylic acid groups (broad SMARTS) is 1. The van der Waals surface area contributed by atoms with Gasteiger partial charge in [0.1, 0.15) is 6.07 Å². The van der Waals surface area contributed by atoms with Crippen LogP contribution in [-0.2, 0) is 6.54 Å². The highest BCUT2D eigenvalue weighted by atomic mass is 16.4. The van der Waals surface area contributed by atoms with Crippen molar-refractivity contribution in [3.05, 3.63) is 53.3 Å². The van der Waals surface area contributed by atoms with Crippen LogP contribution in [0.15, 0.2) is 36.5 Å². The lowest BCUT2D eigenvalue weighted by Gasteiger charge is -2.06. The van der Waals surface area contributed by atoms with E-state index in [-0.39, 0.29) is 16.9 Å². The summed E-state index contributed by atoms with van der Waals surface area (Å²) >= 11 is 0. The van der Waals surface area contributed by atoms with Crippen LogP contribution in [0.1, 0.15) is 21.6 Å². The summed E-state index contributed by atoms with van der Waals surface area (Å²) in [4.78, 5) is 11.2. The summed E-state index contributed by atoms with van der Waals surface area (Å²) in [7, 11) is 0. The fourth-order valence-corrected chi connectivity index (χ4v) is 1.80. The van der Waals surface area contributed by atoms with Crippen molar-refractivity contribution >= 4 is 11.7 Å². The highest BCUT2D eigenvalue weighted by Gasteiger charge is 2.19. The Labute approximate surface area is 104 Å². The quantitative estimate of drug-likeness (QED) is 0.855. The molecule has 0 aliphatic rings. The maximum Gasteiger partial charge on any atom is 0.354 e. The molecule has 0 aliphatic heterocycles. The predicted octanol–water partition coefficient (Wildman–Crippen LogP) is 1.69. The zero-order chi connectivity index (χ0) is 13.1. The van der Waals surface area contributed by atoms with Gasteiger partial charge in [-0.1, -0.05) is 30.3 Å². The Balaban J connectivity index is 2.45. The van der Waals surface area contributed by atoms with Crippen LogP contribution in [0.2, 0.25) is 0 Å².